The highest BCUT2D eigenvalue weighted by Gasteiger charge is 2.43. The fourth-order valence-electron chi connectivity index (χ4n) is 7.09. The van der Waals surface area contributed by atoms with Crippen LogP contribution in [0.4, 0.5) is 35.1 Å². The van der Waals surface area contributed by atoms with Crippen molar-refractivity contribution in [2.24, 2.45) is 5.92 Å². The van der Waals surface area contributed by atoms with Crippen molar-refractivity contribution < 1.29 is 39.9 Å². The molecule has 5 rings (SSSR count). The number of hydrogen-bond donors (Lipinski definition) is 0. The van der Waals surface area contributed by atoms with Crippen LogP contribution in [0.2, 0.25) is 0 Å². The van der Waals surface area contributed by atoms with Gasteiger partial charge in [0.25, 0.3) is 0 Å². The summed E-state index contributed by atoms with van der Waals surface area (Å²) in [4.78, 5) is 0. The highest BCUT2D eigenvalue weighted by Crippen LogP contribution is 2.43. The van der Waals surface area contributed by atoms with Crippen molar-refractivity contribution >= 4 is 0 Å². The smallest absolute Gasteiger partial charge is 0.313 e. The van der Waals surface area contributed by atoms with Gasteiger partial charge >= 0.3 is 6.11 Å². The lowest BCUT2D eigenvalue weighted by molar-refractivity contribution is -0.280. The van der Waals surface area contributed by atoms with Gasteiger partial charge in [-0.05, 0) is 116 Å². The molecule has 0 unspecified atom stereocenters. The van der Waals surface area contributed by atoms with Crippen LogP contribution in [0.3, 0.4) is 0 Å². The summed E-state index contributed by atoms with van der Waals surface area (Å²) in [6.45, 7) is 2.18. The molecule has 1 nitrogen and oxygen atoms in total. The number of hydrogen-bond acceptors (Lipinski definition) is 1. The Kier molecular flexibility index (Phi) is 10.6. The molecule has 0 saturated heterocycles. The van der Waals surface area contributed by atoms with Crippen LogP contribution in [0, 0.1) is 40.8 Å². The van der Waals surface area contributed by atoms with E-state index in [0.717, 1.165) is 43.4 Å². The van der Waals surface area contributed by atoms with Gasteiger partial charge in [0.1, 0.15) is 23.0 Å². The highest BCUT2D eigenvalue weighted by molar-refractivity contribution is 5.65. The Hall–Kier alpha value is -2.94. The number of unbranched alkanes of at least 4 members (excludes halogenated alkanes) is 2. The molecule has 3 aromatic rings. The van der Waals surface area contributed by atoms with Crippen LogP contribution in [0.1, 0.15) is 112 Å². The van der Waals surface area contributed by atoms with Crippen LogP contribution < -0.4 is 0 Å². The molecule has 2 aliphatic carbocycles. The summed E-state index contributed by atoms with van der Waals surface area (Å²) >= 11 is 0. The van der Waals surface area contributed by atoms with Gasteiger partial charge in [0.15, 0.2) is 17.5 Å². The normalized spacial score (nSPS) is 22.5. The third-order valence-corrected chi connectivity index (χ3v) is 9.64. The minimum absolute atomic E-state index is 0.0280. The Balaban J connectivity index is 1.23. The summed E-state index contributed by atoms with van der Waals surface area (Å²) in [5, 5.41) is 0. The van der Waals surface area contributed by atoms with E-state index < -0.39 is 58.6 Å². The quantitative estimate of drug-likeness (QED) is 0.122. The van der Waals surface area contributed by atoms with Crippen LogP contribution in [0.15, 0.2) is 42.5 Å². The van der Waals surface area contributed by atoms with Crippen molar-refractivity contribution in [3.8, 4) is 11.1 Å². The van der Waals surface area contributed by atoms with E-state index >= 15 is 22.0 Å². The summed E-state index contributed by atoms with van der Waals surface area (Å²) in [5.41, 5.74) is -0.830. The van der Waals surface area contributed by atoms with Crippen molar-refractivity contribution in [1.82, 2.24) is 0 Å². The Morgan fingerprint density at radius 3 is 1.78 bits per heavy atom. The molecule has 244 valence electrons. The van der Waals surface area contributed by atoms with Crippen molar-refractivity contribution in [3.63, 3.8) is 0 Å². The molecule has 3 aromatic carbocycles. The average Bonchev–Trinajstić information content (AvgIpc) is 2.99. The molecule has 0 aliphatic heterocycles. The first-order valence-corrected chi connectivity index (χ1v) is 16.0. The van der Waals surface area contributed by atoms with Gasteiger partial charge in [-0.3, -0.25) is 0 Å². The summed E-state index contributed by atoms with van der Waals surface area (Å²) < 4.78 is 121. The first-order chi connectivity index (χ1) is 21.5. The maximum Gasteiger partial charge on any atom is 0.389 e. The molecule has 2 aliphatic rings. The van der Waals surface area contributed by atoms with E-state index in [1.54, 1.807) is 6.07 Å². The molecule has 9 heteroatoms. The second-order valence-electron chi connectivity index (χ2n) is 12.7. The molecule has 0 spiro atoms. The molecule has 0 heterocycles. The third-order valence-electron chi connectivity index (χ3n) is 9.64. The second-order valence-corrected chi connectivity index (χ2v) is 12.7. The molecule has 2 saturated carbocycles. The fourth-order valence-corrected chi connectivity index (χ4v) is 7.09. The molecule has 0 N–H and O–H groups in total. The summed E-state index contributed by atoms with van der Waals surface area (Å²) in [6.07, 6.45) is 3.98. The molecule has 0 atom stereocenters. The van der Waals surface area contributed by atoms with E-state index in [9.17, 15) is 13.2 Å². The zero-order valence-electron chi connectivity index (χ0n) is 25.3. The fraction of sp³-hybridized carbons (Fsp3) is 0.500. The van der Waals surface area contributed by atoms with Crippen LogP contribution in [0.25, 0.3) is 11.1 Å². The van der Waals surface area contributed by atoms with Gasteiger partial charge in [-0.15, -0.1) is 0 Å². The first kappa shape index (κ1) is 33.4. The summed E-state index contributed by atoms with van der Waals surface area (Å²) in [5.74, 6) is -7.58. The molecule has 45 heavy (non-hydrogen) atoms. The van der Waals surface area contributed by atoms with E-state index in [2.05, 4.69) is 6.92 Å². The number of halogens is 8. The topological polar surface area (TPSA) is 9.23 Å². The Labute approximate surface area is 259 Å². The van der Waals surface area contributed by atoms with E-state index in [1.807, 2.05) is 0 Å². The number of rotatable bonds is 10. The molecular weight excluding hydrogens is 600 g/mol. The standard InChI is InChI=1S/C36H38F8O/c1-2-3-4-5-21-6-8-22(9-7-21)24-12-15-28(29(37)16-24)26-19-30(38)34(31(39)20-26)36(43,44)45-27-13-10-23(11-14-27)25-17-32(40)35(42)33(41)18-25/h12,15-23,27H,2-11,13-14H2,1H3. The van der Waals surface area contributed by atoms with Crippen LogP contribution in [0.5, 0.6) is 0 Å². The molecule has 2 fully saturated rings. The molecule has 0 radical (unpaired) electrons. The Morgan fingerprint density at radius 2 is 1.20 bits per heavy atom. The maximum absolute atomic E-state index is 15.2. The van der Waals surface area contributed by atoms with Crippen molar-refractivity contribution in [1.29, 1.82) is 0 Å². The highest BCUT2D eigenvalue weighted by atomic mass is 19.3. The average molecular weight is 639 g/mol. The van der Waals surface area contributed by atoms with Gasteiger partial charge in [0, 0.05) is 5.56 Å². The lowest BCUT2D eigenvalue weighted by atomic mass is 9.77. The van der Waals surface area contributed by atoms with Crippen LogP contribution in [-0.4, -0.2) is 6.10 Å². The molecule has 0 amide bonds. The largest absolute Gasteiger partial charge is 0.389 e. The van der Waals surface area contributed by atoms with E-state index in [0.29, 0.717) is 18.1 Å². The Bertz CT molecular complexity index is 1430. The predicted octanol–water partition coefficient (Wildman–Crippen LogP) is 11.8. The van der Waals surface area contributed by atoms with Gasteiger partial charge in [-0.25, -0.2) is 26.3 Å². The number of ether oxygens (including phenoxy) is 1. The third kappa shape index (κ3) is 7.72. The Morgan fingerprint density at radius 1 is 0.644 bits per heavy atom. The molecule has 0 aromatic heterocycles. The van der Waals surface area contributed by atoms with Gasteiger partial charge in [0.05, 0.1) is 6.10 Å². The zero-order chi connectivity index (χ0) is 32.3. The SMILES string of the molecule is CCCCCC1CCC(c2ccc(-c3cc(F)c(C(F)(F)OC4CCC(c5cc(F)c(F)c(F)c5)CC4)c(F)c3)c(F)c2)CC1. The van der Waals surface area contributed by atoms with Crippen molar-refractivity contribution in [2.45, 2.75) is 108 Å². The summed E-state index contributed by atoms with van der Waals surface area (Å²) in [6, 6.07) is 7.69. The number of benzene rings is 3. The zero-order valence-corrected chi connectivity index (χ0v) is 25.3. The van der Waals surface area contributed by atoms with E-state index in [1.165, 1.54) is 37.8 Å². The summed E-state index contributed by atoms with van der Waals surface area (Å²) in [7, 11) is 0. The maximum atomic E-state index is 15.2. The van der Waals surface area contributed by atoms with Gasteiger partial charge in [-0.1, -0.05) is 44.7 Å². The van der Waals surface area contributed by atoms with E-state index in [4.69, 9.17) is 4.74 Å². The predicted molar refractivity (Wildman–Crippen MR) is 157 cm³/mol. The monoisotopic (exact) mass is 638 g/mol. The van der Waals surface area contributed by atoms with E-state index in [-0.39, 0.29) is 48.3 Å². The lowest BCUT2D eigenvalue weighted by Gasteiger charge is -2.31. The van der Waals surface area contributed by atoms with Gasteiger partial charge in [0.2, 0.25) is 0 Å². The first-order valence-electron chi connectivity index (χ1n) is 16.0. The number of alkyl halides is 2. The second kappa shape index (κ2) is 14.2. The van der Waals surface area contributed by atoms with Crippen LogP contribution >= 0.6 is 0 Å². The van der Waals surface area contributed by atoms with Gasteiger partial charge < -0.3 is 4.74 Å². The molecule has 0 bridgehead atoms. The molecular formula is C36H38F8O. The van der Waals surface area contributed by atoms with Crippen molar-refractivity contribution in [2.75, 3.05) is 0 Å². The minimum Gasteiger partial charge on any atom is -0.313 e. The van der Waals surface area contributed by atoms with Crippen molar-refractivity contribution in [3.05, 3.63) is 94.1 Å². The van der Waals surface area contributed by atoms with Crippen LogP contribution in [-0.2, 0) is 10.8 Å². The minimum atomic E-state index is -4.32. The van der Waals surface area contributed by atoms with Gasteiger partial charge in [-0.2, -0.15) is 8.78 Å². The lowest BCUT2D eigenvalue weighted by Crippen LogP contribution is -2.31.